The third-order valence-electron chi connectivity index (χ3n) is 2.36. The molecular weight excluding hydrogens is 181 g/mol. The molecule has 1 aliphatic rings. The summed E-state index contributed by atoms with van der Waals surface area (Å²) in [5, 5.41) is 2.92. The summed E-state index contributed by atoms with van der Waals surface area (Å²) in [5.41, 5.74) is 6.16. The van der Waals surface area contributed by atoms with Crippen LogP contribution in [0, 0.1) is 5.82 Å². The molecule has 4 heteroatoms. The first-order valence-corrected chi connectivity index (χ1v) is 4.55. The van der Waals surface area contributed by atoms with Gasteiger partial charge in [0.05, 0.1) is 6.54 Å². The Bertz CT molecular complexity index is 362. The summed E-state index contributed by atoms with van der Waals surface area (Å²) in [5.74, 6) is 0.357. The molecule has 0 fully saturated rings. The summed E-state index contributed by atoms with van der Waals surface area (Å²) < 4.78 is 13.4. The second-order valence-electron chi connectivity index (χ2n) is 3.33. The number of hydrogen-bond donors (Lipinski definition) is 2. The molecule has 0 aromatic heterocycles. The largest absolute Gasteiger partial charge is 0.370 e. The lowest BCUT2D eigenvalue weighted by Crippen LogP contribution is -2.40. The monoisotopic (exact) mass is 193 g/mol. The van der Waals surface area contributed by atoms with Crippen molar-refractivity contribution in [3.05, 3.63) is 35.6 Å². The third-order valence-corrected chi connectivity index (χ3v) is 2.36. The number of hydrogen-bond acceptors (Lipinski definition) is 3. The topological polar surface area (TPSA) is 50.4 Å². The second kappa shape index (κ2) is 3.65. The van der Waals surface area contributed by atoms with Gasteiger partial charge in [0.1, 0.15) is 5.82 Å². The van der Waals surface area contributed by atoms with Gasteiger partial charge in [0.15, 0.2) is 5.96 Å². The number of guanidine groups is 1. The fourth-order valence-corrected chi connectivity index (χ4v) is 1.57. The van der Waals surface area contributed by atoms with E-state index < -0.39 is 0 Å². The molecule has 3 N–H and O–H groups in total. The Balaban J connectivity index is 2.21. The predicted octanol–water partition coefficient (Wildman–Crippen LogP) is 0.827. The maximum atomic E-state index is 13.4. The molecule has 1 aliphatic heterocycles. The zero-order valence-electron chi connectivity index (χ0n) is 7.70. The summed E-state index contributed by atoms with van der Waals surface area (Å²) >= 11 is 0. The van der Waals surface area contributed by atoms with Gasteiger partial charge >= 0.3 is 0 Å². The molecule has 0 amide bonds. The standard InChI is InChI=1S/C10H12FN3/c11-9-4-2-1-3-8(9)7-5-13-10(12)14-6-7/h1-4,7H,5-6H2,(H3,12,13,14). The van der Waals surface area contributed by atoms with Gasteiger partial charge in [0, 0.05) is 12.5 Å². The lowest BCUT2D eigenvalue weighted by atomic mass is 9.98. The molecule has 0 radical (unpaired) electrons. The van der Waals surface area contributed by atoms with E-state index in [2.05, 4.69) is 10.3 Å². The van der Waals surface area contributed by atoms with Crippen LogP contribution in [0.15, 0.2) is 29.3 Å². The first kappa shape index (κ1) is 8.99. The molecule has 0 saturated carbocycles. The minimum atomic E-state index is -0.171. The van der Waals surface area contributed by atoms with Crippen LogP contribution in [-0.4, -0.2) is 19.0 Å². The molecule has 1 aromatic carbocycles. The minimum absolute atomic E-state index is 0.0866. The van der Waals surface area contributed by atoms with Gasteiger partial charge in [-0.2, -0.15) is 0 Å². The van der Waals surface area contributed by atoms with Gasteiger partial charge in [-0.05, 0) is 11.6 Å². The van der Waals surface area contributed by atoms with E-state index in [1.165, 1.54) is 6.07 Å². The Morgan fingerprint density at radius 2 is 2.21 bits per heavy atom. The van der Waals surface area contributed by atoms with Gasteiger partial charge in [0.2, 0.25) is 0 Å². The van der Waals surface area contributed by atoms with Crippen LogP contribution in [0.5, 0.6) is 0 Å². The van der Waals surface area contributed by atoms with Crippen LogP contribution < -0.4 is 11.1 Å². The van der Waals surface area contributed by atoms with Crippen LogP contribution in [0.4, 0.5) is 4.39 Å². The molecule has 1 heterocycles. The van der Waals surface area contributed by atoms with Crippen LogP contribution in [-0.2, 0) is 0 Å². The minimum Gasteiger partial charge on any atom is -0.370 e. The first-order chi connectivity index (χ1) is 6.77. The normalized spacial score (nSPS) is 21.2. The number of nitrogens with zero attached hydrogens (tertiary/aromatic N) is 1. The third kappa shape index (κ3) is 1.69. The fraction of sp³-hybridized carbons (Fsp3) is 0.300. The number of aliphatic imine (C=N–C) groups is 1. The van der Waals surface area contributed by atoms with Crippen molar-refractivity contribution in [3.8, 4) is 0 Å². The molecule has 14 heavy (non-hydrogen) atoms. The molecular formula is C10H12FN3. The maximum Gasteiger partial charge on any atom is 0.188 e. The van der Waals surface area contributed by atoms with E-state index in [9.17, 15) is 4.39 Å². The summed E-state index contributed by atoms with van der Waals surface area (Å²) in [6, 6.07) is 6.78. The lowest BCUT2D eigenvalue weighted by molar-refractivity contribution is 0.561. The van der Waals surface area contributed by atoms with Crippen molar-refractivity contribution >= 4 is 5.96 Å². The van der Waals surface area contributed by atoms with Gasteiger partial charge in [-0.25, -0.2) is 4.39 Å². The molecule has 1 atom stereocenters. The van der Waals surface area contributed by atoms with E-state index in [-0.39, 0.29) is 11.7 Å². The Morgan fingerprint density at radius 1 is 1.43 bits per heavy atom. The summed E-state index contributed by atoms with van der Waals surface area (Å²) in [6.45, 7) is 1.20. The number of nitrogens with two attached hydrogens (primary N) is 1. The molecule has 0 bridgehead atoms. The van der Waals surface area contributed by atoms with Crippen LogP contribution in [0.2, 0.25) is 0 Å². The van der Waals surface area contributed by atoms with Crippen LogP contribution in [0.1, 0.15) is 11.5 Å². The van der Waals surface area contributed by atoms with E-state index in [4.69, 9.17) is 5.73 Å². The molecule has 3 nitrogen and oxygen atoms in total. The SMILES string of the molecule is NC1=NCC(c2ccccc2F)CN1. The highest BCUT2D eigenvalue weighted by Gasteiger charge is 2.18. The number of halogens is 1. The Kier molecular flexibility index (Phi) is 2.35. The van der Waals surface area contributed by atoms with Crippen molar-refractivity contribution in [1.29, 1.82) is 0 Å². The highest BCUT2D eigenvalue weighted by molar-refractivity contribution is 5.78. The number of nitrogens with one attached hydrogen (secondary N) is 1. The molecule has 1 aromatic rings. The highest BCUT2D eigenvalue weighted by Crippen LogP contribution is 2.20. The molecule has 74 valence electrons. The van der Waals surface area contributed by atoms with Gasteiger partial charge < -0.3 is 11.1 Å². The maximum absolute atomic E-state index is 13.4. The molecule has 1 unspecified atom stereocenters. The number of rotatable bonds is 1. The highest BCUT2D eigenvalue weighted by atomic mass is 19.1. The summed E-state index contributed by atoms with van der Waals surface area (Å²) in [4.78, 5) is 4.05. The van der Waals surface area contributed by atoms with E-state index in [1.54, 1.807) is 12.1 Å². The smallest absolute Gasteiger partial charge is 0.188 e. The van der Waals surface area contributed by atoms with E-state index in [0.29, 0.717) is 24.6 Å². The van der Waals surface area contributed by atoms with Crippen molar-refractivity contribution in [3.63, 3.8) is 0 Å². The van der Waals surface area contributed by atoms with Gasteiger partial charge in [0.25, 0.3) is 0 Å². The first-order valence-electron chi connectivity index (χ1n) is 4.55. The van der Waals surface area contributed by atoms with Gasteiger partial charge in [-0.1, -0.05) is 18.2 Å². The van der Waals surface area contributed by atoms with Crippen molar-refractivity contribution in [1.82, 2.24) is 5.32 Å². The Hall–Kier alpha value is -1.58. The molecule has 0 saturated heterocycles. The van der Waals surface area contributed by atoms with Crippen molar-refractivity contribution in [2.24, 2.45) is 10.7 Å². The molecule has 0 aliphatic carbocycles. The number of benzene rings is 1. The van der Waals surface area contributed by atoms with E-state index >= 15 is 0 Å². The zero-order chi connectivity index (χ0) is 9.97. The van der Waals surface area contributed by atoms with E-state index in [1.807, 2.05) is 6.07 Å². The van der Waals surface area contributed by atoms with Crippen LogP contribution >= 0.6 is 0 Å². The average Bonchev–Trinajstić information content (AvgIpc) is 2.20. The Morgan fingerprint density at radius 3 is 2.86 bits per heavy atom. The Labute approximate surface area is 81.8 Å². The predicted molar refractivity (Wildman–Crippen MR) is 53.6 cm³/mol. The van der Waals surface area contributed by atoms with Crippen LogP contribution in [0.3, 0.4) is 0 Å². The van der Waals surface area contributed by atoms with Crippen molar-refractivity contribution in [2.75, 3.05) is 13.1 Å². The fourth-order valence-electron chi connectivity index (χ4n) is 1.57. The average molecular weight is 193 g/mol. The lowest BCUT2D eigenvalue weighted by Gasteiger charge is -2.21. The van der Waals surface area contributed by atoms with E-state index in [0.717, 1.165) is 0 Å². The zero-order valence-corrected chi connectivity index (χ0v) is 7.70. The van der Waals surface area contributed by atoms with Gasteiger partial charge in [-0.3, -0.25) is 4.99 Å². The van der Waals surface area contributed by atoms with Crippen molar-refractivity contribution in [2.45, 2.75) is 5.92 Å². The molecule has 2 rings (SSSR count). The quantitative estimate of drug-likeness (QED) is 0.694. The van der Waals surface area contributed by atoms with Gasteiger partial charge in [-0.15, -0.1) is 0 Å². The van der Waals surface area contributed by atoms with Crippen molar-refractivity contribution < 1.29 is 4.39 Å². The second-order valence-corrected chi connectivity index (χ2v) is 3.33. The summed E-state index contributed by atoms with van der Waals surface area (Å²) in [6.07, 6.45) is 0. The molecule has 0 spiro atoms. The summed E-state index contributed by atoms with van der Waals surface area (Å²) in [7, 11) is 0. The van der Waals surface area contributed by atoms with Crippen LogP contribution in [0.25, 0.3) is 0 Å².